The maximum absolute atomic E-state index is 12.4. The average molecular weight is 304 g/mol. The third kappa shape index (κ3) is 3.64. The molecule has 0 N–H and O–H groups in total. The summed E-state index contributed by atoms with van der Waals surface area (Å²) in [6, 6.07) is 13.9. The van der Waals surface area contributed by atoms with Crippen molar-refractivity contribution in [3.8, 4) is 5.75 Å². The average Bonchev–Trinajstić information content (AvgIpc) is 2.47. The van der Waals surface area contributed by atoms with Crippen LogP contribution < -0.4 is 4.18 Å². The highest BCUT2D eigenvalue weighted by atomic mass is 32.2. The smallest absolute Gasteiger partial charge is 0.339 e. The first-order valence-corrected chi connectivity index (χ1v) is 8.45. The Morgan fingerprint density at radius 1 is 1.05 bits per heavy atom. The lowest BCUT2D eigenvalue weighted by Crippen LogP contribution is -2.11. The van der Waals surface area contributed by atoms with Crippen LogP contribution in [0.4, 0.5) is 0 Å². The van der Waals surface area contributed by atoms with Crippen molar-refractivity contribution in [3.63, 3.8) is 0 Å². The van der Waals surface area contributed by atoms with Gasteiger partial charge in [-0.3, -0.25) is 0 Å². The minimum absolute atomic E-state index is 0.173. The lowest BCUT2D eigenvalue weighted by Gasteiger charge is -2.15. The molecule has 0 aliphatic rings. The van der Waals surface area contributed by atoms with E-state index in [4.69, 9.17) is 4.18 Å². The van der Waals surface area contributed by atoms with Crippen LogP contribution in [0.25, 0.3) is 0 Å². The van der Waals surface area contributed by atoms with Crippen molar-refractivity contribution in [2.45, 2.75) is 38.0 Å². The van der Waals surface area contributed by atoms with E-state index < -0.39 is 10.1 Å². The Morgan fingerprint density at radius 2 is 1.67 bits per heavy atom. The lowest BCUT2D eigenvalue weighted by molar-refractivity contribution is 0.479. The highest BCUT2D eigenvalue weighted by Crippen LogP contribution is 2.30. The molecule has 0 aliphatic heterocycles. The molecule has 112 valence electrons. The third-order valence-corrected chi connectivity index (χ3v) is 4.82. The van der Waals surface area contributed by atoms with Crippen molar-refractivity contribution in [1.82, 2.24) is 0 Å². The maximum atomic E-state index is 12.4. The highest BCUT2D eigenvalue weighted by molar-refractivity contribution is 7.87. The monoisotopic (exact) mass is 304 g/mol. The van der Waals surface area contributed by atoms with Gasteiger partial charge < -0.3 is 4.18 Å². The largest absolute Gasteiger partial charge is 0.379 e. The van der Waals surface area contributed by atoms with E-state index in [0.29, 0.717) is 5.75 Å². The van der Waals surface area contributed by atoms with Crippen LogP contribution in [-0.2, 0) is 10.1 Å². The molecule has 0 aliphatic carbocycles. The van der Waals surface area contributed by atoms with Crippen LogP contribution in [0.15, 0.2) is 53.4 Å². The molecular weight excluding hydrogens is 284 g/mol. The van der Waals surface area contributed by atoms with E-state index in [1.165, 1.54) is 0 Å². The topological polar surface area (TPSA) is 43.4 Å². The second-order valence-electron chi connectivity index (χ2n) is 5.20. The van der Waals surface area contributed by atoms with Crippen LogP contribution in [0.2, 0.25) is 0 Å². The van der Waals surface area contributed by atoms with Crippen LogP contribution in [0.3, 0.4) is 0 Å². The number of hydrogen-bond donors (Lipinski definition) is 0. The molecule has 1 unspecified atom stereocenters. The zero-order valence-electron chi connectivity index (χ0n) is 12.5. The molecule has 0 fully saturated rings. The van der Waals surface area contributed by atoms with Crippen molar-refractivity contribution >= 4 is 10.1 Å². The van der Waals surface area contributed by atoms with Gasteiger partial charge in [0.2, 0.25) is 0 Å². The first kappa shape index (κ1) is 15.6. The number of aryl methyl sites for hydroxylation is 1. The minimum atomic E-state index is -3.79. The summed E-state index contributed by atoms with van der Waals surface area (Å²) < 4.78 is 30.1. The Bertz CT molecular complexity index is 703. The fourth-order valence-corrected chi connectivity index (χ4v) is 3.01. The molecule has 0 heterocycles. The summed E-state index contributed by atoms with van der Waals surface area (Å²) >= 11 is 0. The molecule has 21 heavy (non-hydrogen) atoms. The molecule has 0 radical (unpaired) electrons. The molecule has 2 aromatic carbocycles. The molecule has 3 nitrogen and oxygen atoms in total. The Hall–Kier alpha value is -1.81. The minimum Gasteiger partial charge on any atom is -0.379 e. The van der Waals surface area contributed by atoms with Crippen LogP contribution >= 0.6 is 0 Å². The van der Waals surface area contributed by atoms with Gasteiger partial charge in [0.25, 0.3) is 0 Å². The molecule has 0 amide bonds. The van der Waals surface area contributed by atoms with Gasteiger partial charge in [-0.15, -0.1) is 0 Å². The molecule has 2 rings (SSSR count). The summed E-state index contributed by atoms with van der Waals surface area (Å²) in [6.07, 6.45) is 0.922. The number of hydrogen-bond acceptors (Lipinski definition) is 3. The summed E-state index contributed by atoms with van der Waals surface area (Å²) in [6.45, 7) is 6.03. The first-order valence-electron chi connectivity index (χ1n) is 7.04. The van der Waals surface area contributed by atoms with Crippen molar-refractivity contribution in [1.29, 1.82) is 0 Å². The van der Waals surface area contributed by atoms with E-state index >= 15 is 0 Å². The van der Waals surface area contributed by atoms with Crippen molar-refractivity contribution in [3.05, 3.63) is 59.7 Å². The molecule has 2 aromatic rings. The Kier molecular flexibility index (Phi) is 4.68. The quantitative estimate of drug-likeness (QED) is 0.774. The number of para-hydroxylation sites is 1. The van der Waals surface area contributed by atoms with Gasteiger partial charge in [0, 0.05) is 0 Å². The van der Waals surface area contributed by atoms with E-state index in [9.17, 15) is 8.42 Å². The predicted molar refractivity (Wildman–Crippen MR) is 84.1 cm³/mol. The van der Waals surface area contributed by atoms with Crippen LogP contribution in [0.5, 0.6) is 5.75 Å². The summed E-state index contributed by atoms with van der Waals surface area (Å²) in [4.78, 5) is 0.173. The first-order chi connectivity index (χ1) is 9.94. The SMILES string of the molecule is CCC(C)c1ccccc1OS(=O)(=O)c1ccc(C)cc1. The Morgan fingerprint density at radius 3 is 2.29 bits per heavy atom. The van der Waals surface area contributed by atoms with Gasteiger partial charge in [0.15, 0.2) is 0 Å². The van der Waals surface area contributed by atoms with Gasteiger partial charge in [-0.05, 0) is 43.0 Å². The van der Waals surface area contributed by atoms with E-state index in [1.807, 2.05) is 19.1 Å². The normalized spacial score (nSPS) is 12.9. The molecule has 0 saturated heterocycles. The summed E-state index contributed by atoms with van der Waals surface area (Å²) in [7, 11) is -3.79. The molecular formula is C17H20O3S. The van der Waals surface area contributed by atoms with Gasteiger partial charge in [0.1, 0.15) is 10.6 Å². The highest BCUT2D eigenvalue weighted by Gasteiger charge is 2.19. The van der Waals surface area contributed by atoms with Crippen LogP contribution in [0, 0.1) is 6.92 Å². The van der Waals surface area contributed by atoms with Crippen LogP contribution in [-0.4, -0.2) is 8.42 Å². The Labute approximate surface area is 126 Å². The fraction of sp³-hybridized carbons (Fsp3) is 0.294. The van der Waals surface area contributed by atoms with E-state index in [1.54, 1.807) is 36.4 Å². The van der Waals surface area contributed by atoms with Crippen molar-refractivity contribution in [2.24, 2.45) is 0 Å². The fourth-order valence-electron chi connectivity index (χ4n) is 2.05. The maximum Gasteiger partial charge on any atom is 0.339 e. The van der Waals surface area contributed by atoms with E-state index in [-0.39, 0.29) is 10.8 Å². The van der Waals surface area contributed by atoms with Gasteiger partial charge in [0.05, 0.1) is 0 Å². The second-order valence-corrected chi connectivity index (χ2v) is 6.74. The zero-order valence-corrected chi connectivity index (χ0v) is 13.4. The number of rotatable bonds is 5. The lowest BCUT2D eigenvalue weighted by atomic mass is 9.98. The summed E-state index contributed by atoms with van der Waals surface area (Å²) in [5.74, 6) is 0.654. The van der Waals surface area contributed by atoms with Gasteiger partial charge in [-0.1, -0.05) is 49.7 Å². The van der Waals surface area contributed by atoms with Gasteiger partial charge in [-0.2, -0.15) is 8.42 Å². The second kappa shape index (κ2) is 6.31. The van der Waals surface area contributed by atoms with Crippen LogP contribution in [0.1, 0.15) is 37.3 Å². The predicted octanol–water partition coefficient (Wildman–Crippen LogP) is 4.28. The third-order valence-electron chi connectivity index (χ3n) is 3.57. The van der Waals surface area contributed by atoms with E-state index in [0.717, 1.165) is 17.5 Å². The molecule has 1 atom stereocenters. The summed E-state index contributed by atoms with van der Waals surface area (Å²) in [5.41, 5.74) is 1.92. The molecule has 0 aromatic heterocycles. The van der Waals surface area contributed by atoms with Gasteiger partial charge >= 0.3 is 10.1 Å². The molecule has 0 saturated carbocycles. The summed E-state index contributed by atoms with van der Waals surface area (Å²) in [5, 5.41) is 0. The zero-order chi connectivity index (χ0) is 15.5. The molecule has 4 heteroatoms. The Balaban J connectivity index is 2.35. The van der Waals surface area contributed by atoms with Gasteiger partial charge in [-0.25, -0.2) is 0 Å². The molecule has 0 spiro atoms. The standard InChI is InChI=1S/C17H20O3S/c1-4-14(3)16-7-5-6-8-17(16)20-21(18,19)15-11-9-13(2)10-12-15/h5-12,14H,4H2,1-3H3. The van der Waals surface area contributed by atoms with E-state index in [2.05, 4.69) is 13.8 Å². The van der Waals surface area contributed by atoms with Crippen molar-refractivity contribution < 1.29 is 12.6 Å². The van der Waals surface area contributed by atoms with Crippen molar-refractivity contribution in [2.75, 3.05) is 0 Å². The molecule has 0 bridgehead atoms. The number of benzene rings is 2.